The number of ether oxygens (including phenoxy) is 1. The number of morpholine rings is 1. The van der Waals surface area contributed by atoms with Crippen molar-refractivity contribution in [1.29, 1.82) is 0 Å². The predicted molar refractivity (Wildman–Crippen MR) is 114 cm³/mol. The SMILES string of the molecule is O=[N+]([O-])c1ccc(CN/C=C(/C(=S)N2CCOCC2)c2ccc(Cl)cc2)cc1. The molecule has 0 amide bonds. The van der Waals surface area contributed by atoms with Crippen molar-refractivity contribution in [3.05, 3.63) is 81.0 Å². The van der Waals surface area contributed by atoms with Crippen LogP contribution < -0.4 is 5.32 Å². The van der Waals surface area contributed by atoms with E-state index in [0.717, 1.165) is 34.8 Å². The van der Waals surface area contributed by atoms with Crippen molar-refractivity contribution in [2.75, 3.05) is 26.3 Å². The van der Waals surface area contributed by atoms with E-state index < -0.39 is 4.92 Å². The maximum absolute atomic E-state index is 10.8. The molecule has 0 spiro atoms. The summed E-state index contributed by atoms with van der Waals surface area (Å²) in [5.74, 6) is 0. The van der Waals surface area contributed by atoms with E-state index >= 15 is 0 Å². The molecular weight excluding hydrogens is 398 g/mol. The van der Waals surface area contributed by atoms with Crippen LogP contribution in [0.3, 0.4) is 0 Å². The Morgan fingerprint density at radius 1 is 1.18 bits per heavy atom. The van der Waals surface area contributed by atoms with Crippen molar-refractivity contribution in [3.8, 4) is 0 Å². The lowest BCUT2D eigenvalue weighted by Gasteiger charge is -2.30. The number of rotatable bonds is 6. The average molecular weight is 418 g/mol. The number of nitrogens with one attached hydrogen (secondary N) is 1. The Hall–Kier alpha value is -2.48. The number of benzene rings is 2. The molecule has 0 saturated carbocycles. The number of nitro groups is 1. The molecule has 0 radical (unpaired) electrons. The second-order valence-electron chi connectivity index (χ2n) is 6.27. The molecule has 2 aromatic rings. The second kappa shape index (κ2) is 9.64. The zero-order valence-corrected chi connectivity index (χ0v) is 16.7. The lowest BCUT2D eigenvalue weighted by atomic mass is 10.1. The normalized spacial score (nSPS) is 14.6. The minimum absolute atomic E-state index is 0.0784. The van der Waals surface area contributed by atoms with Gasteiger partial charge in [-0.05, 0) is 23.3 Å². The predicted octanol–water partition coefficient (Wildman–Crippen LogP) is 4.04. The van der Waals surface area contributed by atoms with Crippen molar-refractivity contribution in [2.24, 2.45) is 0 Å². The molecule has 0 aromatic heterocycles. The van der Waals surface area contributed by atoms with Crippen molar-refractivity contribution in [3.63, 3.8) is 0 Å². The van der Waals surface area contributed by atoms with Crippen molar-refractivity contribution in [1.82, 2.24) is 10.2 Å². The third kappa shape index (κ3) is 5.28. The Morgan fingerprint density at radius 2 is 1.82 bits per heavy atom. The summed E-state index contributed by atoms with van der Waals surface area (Å²) in [6.45, 7) is 3.35. The van der Waals surface area contributed by atoms with Crippen LogP contribution in [0.1, 0.15) is 11.1 Å². The molecule has 1 saturated heterocycles. The van der Waals surface area contributed by atoms with E-state index in [1.807, 2.05) is 30.5 Å². The van der Waals surface area contributed by atoms with Crippen molar-refractivity contribution in [2.45, 2.75) is 6.54 Å². The highest BCUT2D eigenvalue weighted by molar-refractivity contribution is 7.81. The van der Waals surface area contributed by atoms with Gasteiger partial charge < -0.3 is 15.0 Å². The van der Waals surface area contributed by atoms with Crippen LogP contribution in [-0.4, -0.2) is 41.1 Å². The maximum atomic E-state index is 10.8. The van der Waals surface area contributed by atoms with Gasteiger partial charge in [-0.15, -0.1) is 0 Å². The number of hydrogen-bond donors (Lipinski definition) is 1. The minimum Gasteiger partial charge on any atom is -0.386 e. The molecule has 28 heavy (non-hydrogen) atoms. The molecule has 146 valence electrons. The topological polar surface area (TPSA) is 67.6 Å². The summed E-state index contributed by atoms with van der Waals surface area (Å²) < 4.78 is 5.41. The first-order valence-corrected chi connectivity index (χ1v) is 9.63. The van der Waals surface area contributed by atoms with Gasteiger partial charge in [0.15, 0.2) is 0 Å². The van der Waals surface area contributed by atoms with Gasteiger partial charge in [-0.2, -0.15) is 0 Å². The Morgan fingerprint density at radius 3 is 2.43 bits per heavy atom. The molecule has 6 nitrogen and oxygen atoms in total. The van der Waals surface area contributed by atoms with Gasteiger partial charge in [0.1, 0.15) is 4.99 Å². The first-order chi connectivity index (χ1) is 13.5. The highest BCUT2D eigenvalue weighted by Crippen LogP contribution is 2.21. The monoisotopic (exact) mass is 417 g/mol. The fraction of sp³-hybridized carbons (Fsp3) is 0.250. The van der Waals surface area contributed by atoms with Crippen LogP contribution in [0.2, 0.25) is 5.02 Å². The van der Waals surface area contributed by atoms with E-state index in [1.54, 1.807) is 12.1 Å². The lowest BCUT2D eigenvalue weighted by molar-refractivity contribution is -0.384. The molecule has 1 aliphatic heterocycles. The Labute approximate surface area is 173 Å². The van der Waals surface area contributed by atoms with Gasteiger partial charge in [-0.3, -0.25) is 10.1 Å². The fourth-order valence-corrected chi connectivity index (χ4v) is 3.33. The molecule has 1 heterocycles. The Balaban J connectivity index is 1.76. The Kier molecular flexibility index (Phi) is 6.97. The van der Waals surface area contributed by atoms with Crippen molar-refractivity contribution < 1.29 is 9.66 Å². The van der Waals surface area contributed by atoms with Crippen molar-refractivity contribution >= 4 is 40.1 Å². The van der Waals surface area contributed by atoms with Gasteiger partial charge in [-0.1, -0.05) is 48.1 Å². The van der Waals surface area contributed by atoms with Gasteiger partial charge in [0.05, 0.1) is 18.1 Å². The number of nitrogens with zero attached hydrogens (tertiary/aromatic N) is 2. The number of hydrogen-bond acceptors (Lipinski definition) is 5. The standard InChI is InChI=1S/C20H20ClN3O3S/c21-17-5-3-16(4-6-17)19(20(28)23-9-11-27-12-10-23)14-22-13-15-1-7-18(8-2-15)24(25)26/h1-8,14,22H,9-13H2/b19-14+. The second-order valence-corrected chi connectivity index (χ2v) is 7.10. The molecule has 0 unspecified atom stereocenters. The van der Waals surface area contributed by atoms with Crippen LogP contribution in [0, 0.1) is 10.1 Å². The van der Waals surface area contributed by atoms with E-state index in [4.69, 9.17) is 28.6 Å². The highest BCUT2D eigenvalue weighted by Gasteiger charge is 2.18. The summed E-state index contributed by atoms with van der Waals surface area (Å²) in [5, 5.41) is 14.7. The molecule has 1 N–H and O–H groups in total. The third-order valence-electron chi connectivity index (χ3n) is 4.38. The van der Waals surface area contributed by atoms with E-state index in [2.05, 4.69) is 10.2 Å². The molecule has 8 heteroatoms. The number of nitro benzene ring substituents is 1. The Bertz CT molecular complexity index is 863. The van der Waals surface area contributed by atoms with Crippen LogP contribution in [0.5, 0.6) is 0 Å². The van der Waals surface area contributed by atoms with Gasteiger partial charge >= 0.3 is 0 Å². The van der Waals surface area contributed by atoms with Crippen LogP contribution in [0.4, 0.5) is 5.69 Å². The first-order valence-electron chi connectivity index (χ1n) is 8.84. The number of halogens is 1. The van der Waals surface area contributed by atoms with E-state index in [9.17, 15) is 10.1 Å². The summed E-state index contributed by atoms with van der Waals surface area (Å²) in [6.07, 6.45) is 1.89. The minimum atomic E-state index is -0.406. The molecule has 1 aliphatic rings. The summed E-state index contributed by atoms with van der Waals surface area (Å²) in [4.78, 5) is 13.2. The molecule has 2 aromatic carbocycles. The summed E-state index contributed by atoms with van der Waals surface area (Å²) in [5.41, 5.74) is 2.89. The fourth-order valence-electron chi connectivity index (χ4n) is 2.84. The maximum Gasteiger partial charge on any atom is 0.269 e. The van der Waals surface area contributed by atoms with E-state index in [-0.39, 0.29) is 5.69 Å². The zero-order valence-electron chi connectivity index (χ0n) is 15.1. The molecular formula is C20H20ClN3O3S. The summed E-state index contributed by atoms with van der Waals surface area (Å²) in [6, 6.07) is 14.0. The van der Waals surface area contributed by atoms with Gasteiger partial charge in [-0.25, -0.2) is 0 Å². The molecule has 1 fully saturated rings. The van der Waals surface area contributed by atoms with E-state index in [1.165, 1.54) is 12.1 Å². The van der Waals surface area contributed by atoms with Crippen LogP contribution in [-0.2, 0) is 11.3 Å². The molecule has 0 bridgehead atoms. The van der Waals surface area contributed by atoms with Crippen LogP contribution >= 0.6 is 23.8 Å². The molecule has 3 rings (SSSR count). The van der Waals surface area contributed by atoms with E-state index in [0.29, 0.717) is 24.8 Å². The first kappa shape index (κ1) is 20.3. The smallest absolute Gasteiger partial charge is 0.269 e. The summed E-state index contributed by atoms with van der Waals surface area (Å²) >= 11 is 11.8. The largest absolute Gasteiger partial charge is 0.386 e. The zero-order chi connectivity index (χ0) is 19.9. The van der Waals surface area contributed by atoms with Gasteiger partial charge in [0, 0.05) is 48.6 Å². The van der Waals surface area contributed by atoms with Gasteiger partial charge in [0.2, 0.25) is 0 Å². The number of thiocarbonyl (C=S) groups is 1. The highest BCUT2D eigenvalue weighted by atomic mass is 35.5. The van der Waals surface area contributed by atoms with Gasteiger partial charge in [0.25, 0.3) is 5.69 Å². The van der Waals surface area contributed by atoms with Crippen LogP contribution in [0.25, 0.3) is 5.57 Å². The van der Waals surface area contributed by atoms with Crippen LogP contribution in [0.15, 0.2) is 54.7 Å². The molecule has 0 aliphatic carbocycles. The summed E-state index contributed by atoms with van der Waals surface area (Å²) in [7, 11) is 0. The number of non-ortho nitro benzene ring substituents is 1. The lowest BCUT2D eigenvalue weighted by Crippen LogP contribution is -2.40. The molecule has 0 atom stereocenters. The average Bonchev–Trinajstić information content (AvgIpc) is 2.72. The third-order valence-corrected chi connectivity index (χ3v) is 5.11. The quantitative estimate of drug-likeness (QED) is 0.331.